The molecule has 1 fully saturated rings. The highest BCUT2D eigenvalue weighted by Gasteiger charge is 2.66. The van der Waals surface area contributed by atoms with E-state index in [0.29, 0.717) is 12.0 Å². The van der Waals surface area contributed by atoms with Gasteiger partial charge in [0.2, 0.25) is 11.4 Å². The van der Waals surface area contributed by atoms with E-state index in [4.69, 9.17) is 4.74 Å². The van der Waals surface area contributed by atoms with Gasteiger partial charge >= 0.3 is 6.16 Å². The average molecular weight is 470 g/mol. The molecule has 3 aliphatic rings. The molecular weight excluding hydrogens is 444 g/mol. The molecule has 0 unspecified atom stereocenters. The van der Waals surface area contributed by atoms with Crippen molar-refractivity contribution in [2.75, 3.05) is 27.7 Å². The number of ketones is 2. The summed E-state index contributed by atoms with van der Waals surface area (Å²) in [6, 6.07) is 3.83. The second kappa shape index (κ2) is 8.28. The van der Waals surface area contributed by atoms with Crippen LogP contribution in [-0.4, -0.2) is 84.1 Å². The van der Waals surface area contributed by atoms with Crippen molar-refractivity contribution in [3.05, 3.63) is 46.2 Å². The summed E-state index contributed by atoms with van der Waals surface area (Å²) < 4.78 is 10.2. The molecule has 0 spiro atoms. The molecule has 10 heteroatoms. The number of benzene rings is 1. The molecule has 180 valence electrons. The summed E-state index contributed by atoms with van der Waals surface area (Å²) in [7, 11) is 4.35. The van der Waals surface area contributed by atoms with Gasteiger partial charge in [0.05, 0.1) is 30.8 Å². The van der Waals surface area contributed by atoms with Crippen molar-refractivity contribution in [2.24, 2.45) is 16.8 Å². The molecule has 3 aliphatic carbocycles. The standard InChI is InChI=1S/C24H26N2O8/c1-25-10-13-19(28)18(26(2)3)14-9-12-8-11-6-5-7-15(27)16(11)20(29)17(12)22(31)24(14,21(13)30)34-23(32)33-4/h5-7,12,14,18,27,29-30H,1,8-10H2,2-4H3/t12-,14-,18-,24+/m0/s1. The third kappa shape index (κ3) is 3.12. The van der Waals surface area contributed by atoms with Gasteiger partial charge in [-0.25, -0.2) is 4.79 Å². The number of nitrogens with zero attached hydrogens (tertiary/aromatic N) is 2. The van der Waals surface area contributed by atoms with E-state index >= 15 is 0 Å². The van der Waals surface area contributed by atoms with Gasteiger partial charge in [0.1, 0.15) is 11.5 Å². The summed E-state index contributed by atoms with van der Waals surface area (Å²) in [5, 5.41) is 32.8. The predicted octanol–water partition coefficient (Wildman–Crippen LogP) is 1.97. The van der Waals surface area contributed by atoms with Crippen molar-refractivity contribution in [1.82, 2.24) is 4.90 Å². The minimum absolute atomic E-state index is 0.0847. The number of likely N-dealkylation sites (N-methyl/N-ethyl adjacent to an activating group) is 1. The third-order valence-electron chi connectivity index (χ3n) is 6.96. The maximum Gasteiger partial charge on any atom is 0.509 e. The van der Waals surface area contributed by atoms with Crippen LogP contribution in [0.2, 0.25) is 0 Å². The average Bonchev–Trinajstić information content (AvgIpc) is 2.78. The molecular formula is C24H26N2O8. The molecule has 0 radical (unpaired) electrons. The molecule has 1 aromatic rings. The first-order valence-electron chi connectivity index (χ1n) is 10.7. The van der Waals surface area contributed by atoms with Crippen molar-refractivity contribution in [3.63, 3.8) is 0 Å². The van der Waals surface area contributed by atoms with Crippen LogP contribution in [0, 0.1) is 11.8 Å². The Morgan fingerprint density at radius 3 is 2.59 bits per heavy atom. The van der Waals surface area contributed by atoms with Crippen LogP contribution in [0.4, 0.5) is 4.79 Å². The lowest BCUT2D eigenvalue weighted by Gasteiger charge is -2.51. The van der Waals surface area contributed by atoms with Gasteiger partial charge in [-0.05, 0) is 51.2 Å². The number of ether oxygens (including phenoxy) is 2. The molecule has 10 nitrogen and oxygen atoms in total. The smallest absolute Gasteiger partial charge is 0.507 e. The molecule has 34 heavy (non-hydrogen) atoms. The molecule has 0 aromatic heterocycles. The Morgan fingerprint density at radius 2 is 1.97 bits per heavy atom. The number of Topliss-reactive ketones (excluding diaryl/α,β-unsaturated/α-hetero) is 2. The molecule has 0 bridgehead atoms. The van der Waals surface area contributed by atoms with Crippen LogP contribution < -0.4 is 0 Å². The van der Waals surface area contributed by atoms with Gasteiger partial charge in [0, 0.05) is 11.5 Å². The number of hydrogen-bond acceptors (Lipinski definition) is 10. The number of hydrogen-bond donors (Lipinski definition) is 3. The van der Waals surface area contributed by atoms with Crippen molar-refractivity contribution >= 4 is 30.2 Å². The third-order valence-corrected chi connectivity index (χ3v) is 6.96. The fourth-order valence-electron chi connectivity index (χ4n) is 5.60. The SMILES string of the molecule is C=NCC1=C(O)[C@@]2(OC(=O)OC)C(=O)C3=C(O)c4c(O)cccc4C[C@H]3C[C@H]2[C@H](N(C)C)C1=O. The van der Waals surface area contributed by atoms with Crippen LogP contribution in [-0.2, 0) is 25.5 Å². The number of rotatable bonds is 4. The summed E-state index contributed by atoms with van der Waals surface area (Å²) >= 11 is 0. The largest absolute Gasteiger partial charge is 0.509 e. The fraction of sp³-hybridized carbons (Fsp3) is 0.417. The highest BCUT2D eigenvalue weighted by molar-refractivity contribution is 6.15. The minimum Gasteiger partial charge on any atom is -0.507 e. The zero-order valence-electron chi connectivity index (χ0n) is 19.1. The number of aromatic hydroxyl groups is 1. The first-order chi connectivity index (χ1) is 16.1. The Hall–Kier alpha value is -3.66. The van der Waals surface area contributed by atoms with E-state index in [0.717, 1.165) is 7.11 Å². The van der Waals surface area contributed by atoms with E-state index in [-0.39, 0.29) is 35.4 Å². The molecule has 4 rings (SSSR count). The Balaban J connectivity index is 2.03. The van der Waals surface area contributed by atoms with E-state index in [2.05, 4.69) is 16.4 Å². The number of aliphatic hydroxyl groups is 2. The first-order valence-corrected chi connectivity index (χ1v) is 10.7. The van der Waals surface area contributed by atoms with Gasteiger partial charge in [-0.3, -0.25) is 19.5 Å². The summed E-state index contributed by atoms with van der Waals surface area (Å²) in [4.78, 5) is 45.2. The number of aliphatic hydroxyl groups excluding tert-OH is 2. The Morgan fingerprint density at radius 1 is 1.26 bits per heavy atom. The van der Waals surface area contributed by atoms with Crippen LogP contribution in [0.25, 0.3) is 5.76 Å². The van der Waals surface area contributed by atoms with E-state index in [1.807, 2.05) is 0 Å². The minimum atomic E-state index is -2.32. The van der Waals surface area contributed by atoms with Crippen LogP contribution in [0.5, 0.6) is 5.75 Å². The lowest BCUT2D eigenvalue weighted by atomic mass is 9.57. The maximum atomic E-state index is 14.1. The monoisotopic (exact) mass is 470 g/mol. The van der Waals surface area contributed by atoms with Gasteiger partial charge in [0.25, 0.3) is 0 Å². The zero-order valence-corrected chi connectivity index (χ0v) is 19.1. The number of fused-ring (bicyclic) bond motifs is 3. The normalized spacial score (nSPS) is 28.3. The first kappa shape index (κ1) is 23.5. The molecule has 0 saturated heterocycles. The molecule has 3 N–H and O–H groups in total. The van der Waals surface area contributed by atoms with Crippen molar-refractivity contribution in [1.29, 1.82) is 0 Å². The van der Waals surface area contributed by atoms with Crippen molar-refractivity contribution in [2.45, 2.75) is 24.5 Å². The number of carbonyl (C=O) groups is 3. The predicted molar refractivity (Wildman–Crippen MR) is 121 cm³/mol. The maximum absolute atomic E-state index is 14.1. The number of phenolic OH excluding ortho intramolecular Hbond substituents is 1. The van der Waals surface area contributed by atoms with Gasteiger partial charge in [-0.2, -0.15) is 0 Å². The van der Waals surface area contributed by atoms with Crippen LogP contribution >= 0.6 is 0 Å². The van der Waals surface area contributed by atoms with E-state index < -0.39 is 52.7 Å². The van der Waals surface area contributed by atoms with Crippen LogP contribution in [0.15, 0.2) is 40.1 Å². The van der Waals surface area contributed by atoms with Gasteiger partial charge in [-0.1, -0.05) is 12.1 Å². The molecule has 0 aliphatic heterocycles. The van der Waals surface area contributed by atoms with Gasteiger partial charge in [-0.15, -0.1) is 0 Å². The lowest BCUT2D eigenvalue weighted by molar-refractivity contribution is -0.157. The lowest BCUT2D eigenvalue weighted by Crippen LogP contribution is -2.66. The van der Waals surface area contributed by atoms with E-state index in [1.54, 1.807) is 31.1 Å². The number of phenols is 1. The van der Waals surface area contributed by atoms with Crippen molar-refractivity contribution in [3.8, 4) is 5.75 Å². The summed E-state index contributed by atoms with van der Waals surface area (Å²) in [6.07, 6.45) is -0.801. The van der Waals surface area contributed by atoms with Crippen LogP contribution in [0.1, 0.15) is 17.5 Å². The Labute approximate surface area is 195 Å². The molecule has 0 heterocycles. The summed E-state index contributed by atoms with van der Waals surface area (Å²) in [5.74, 6) is -4.24. The number of methoxy groups -OCH3 is 1. The Bertz CT molecular complexity index is 1170. The molecule has 4 atom stereocenters. The highest BCUT2D eigenvalue weighted by atomic mass is 16.7. The second-order valence-corrected chi connectivity index (χ2v) is 8.92. The number of carbonyl (C=O) groups excluding carboxylic acids is 3. The fourth-order valence-corrected chi connectivity index (χ4v) is 5.60. The zero-order chi connectivity index (χ0) is 24.9. The Kier molecular flexibility index (Phi) is 5.72. The van der Waals surface area contributed by atoms with Crippen LogP contribution in [0.3, 0.4) is 0 Å². The summed E-state index contributed by atoms with van der Waals surface area (Å²) in [5.41, 5.74) is -1.86. The molecule has 1 aromatic carbocycles. The summed E-state index contributed by atoms with van der Waals surface area (Å²) in [6.45, 7) is 3.07. The quantitative estimate of drug-likeness (QED) is 0.444. The molecule has 0 amide bonds. The topological polar surface area (TPSA) is 146 Å². The number of aliphatic imine (C=N–C) groups is 1. The second-order valence-electron chi connectivity index (χ2n) is 8.92. The highest BCUT2D eigenvalue weighted by Crippen LogP contribution is 2.54. The van der Waals surface area contributed by atoms with E-state index in [1.165, 1.54) is 6.07 Å². The van der Waals surface area contributed by atoms with Gasteiger partial charge in [0.15, 0.2) is 11.5 Å². The van der Waals surface area contributed by atoms with Crippen molar-refractivity contribution < 1.29 is 39.2 Å². The van der Waals surface area contributed by atoms with Gasteiger partial charge < -0.3 is 24.8 Å². The molecule has 1 saturated carbocycles. The van der Waals surface area contributed by atoms with E-state index in [9.17, 15) is 29.7 Å².